The first-order valence-corrected chi connectivity index (χ1v) is 10.3. The summed E-state index contributed by atoms with van der Waals surface area (Å²) < 4.78 is 0. The second-order valence-corrected chi connectivity index (χ2v) is 7.96. The topological polar surface area (TPSA) is 44.1 Å². The van der Waals surface area contributed by atoms with Gasteiger partial charge in [-0.2, -0.15) is 5.26 Å². The van der Waals surface area contributed by atoms with Crippen LogP contribution in [0, 0.1) is 11.3 Å². The molecule has 0 N–H and O–H groups in total. The van der Waals surface area contributed by atoms with Crippen LogP contribution in [0.3, 0.4) is 0 Å². The summed E-state index contributed by atoms with van der Waals surface area (Å²) in [5.41, 5.74) is 1.87. The summed E-state index contributed by atoms with van der Waals surface area (Å²) in [5, 5.41) is 8.84. The number of hydrogen-bond donors (Lipinski definition) is 0. The predicted molar refractivity (Wildman–Crippen MR) is 98.7 cm³/mol. The number of rotatable bonds is 6. The van der Waals surface area contributed by atoms with E-state index in [0.717, 1.165) is 5.75 Å². The number of nitriles is 1. The zero-order chi connectivity index (χ0) is 16.8. The number of hydrogen-bond acceptors (Lipinski definition) is 3. The molecule has 0 saturated heterocycles. The summed E-state index contributed by atoms with van der Waals surface area (Å²) in [6, 6.07) is 10.8. The molecule has 0 aromatic heterocycles. The van der Waals surface area contributed by atoms with E-state index in [0.29, 0.717) is 29.3 Å². The highest BCUT2D eigenvalue weighted by atomic mass is 32.2. The summed E-state index contributed by atoms with van der Waals surface area (Å²) in [4.78, 5) is 15.1. The van der Waals surface area contributed by atoms with E-state index in [9.17, 15) is 4.79 Å². The molecule has 2 fully saturated rings. The van der Waals surface area contributed by atoms with Gasteiger partial charge in [0.1, 0.15) is 0 Å². The van der Waals surface area contributed by atoms with E-state index in [4.69, 9.17) is 5.26 Å². The number of benzene rings is 1. The highest BCUT2D eigenvalue weighted by Gasteiger charge is 2.33. The molecule has 0 heterocycles. The lowest BCUT2D eigenvalue weighted by Gasteiger charge is -2.34. The Labute approximate surface area is 149 Å². The second kappa shape index (κ2) is 8.58. The first kappa shape index (κ1) is 17.4. The van der Waals surface area contributed by atoms with Crippen LogP contribution in [0.5, 0.6) is 0 Å². The van der Waals surface area contributed by atoms with Crippen LogP contribution in [0.15, 0.2) is 24.3 Å². The molecular formula is C20H26N2OS. The second-order valence-electron chi connectivity index (χ2n) is 6.98. The number of thioether (sulfide) groups is 1. The summed E-state index contributed by atoms with van der Waals surface area (Å²) in [6.07, 6.45) is 9.90. The average molecular weight is 343 g/mol. The fourth-order valence-corrected chi connectivity index (χ4v) is 4.93. The molecule has 3 rings (SSSR count). The first-order chi connectivity index (χ1) is 11.8. The average Bonchev–Trinajstić information content (AvgIpc) is 3.30. The molecule has 0 aliphatic heterocycles. The molecule has 2 saturated carbocycles. The zero-order valence-electron chi connectivity index (χ0n) is 14.2. The Hall–Kier alpha value is -1.47. The van der Waals surface area contributed by atoms with Crippen LogP contribution in [0.1, 0.15) is 62.5 Å². The maximum absolute atomic E-state index is 12.9. The first-order valence-electron chi connectivity index (χ1n) is 9.16. The van der Waals surface area contributed by atoms with Gasteiger partial charge in [-0.3, -0.25) is 4.79 Å². The van der Waals surface area contributed by atoms with Gasteiger partial charge in [-0.15, -0.1) is 11.8 Å². The van der Waals surface area contributed by atoms with Crippen LogP contribution >= 0.6 is 11.8 Å². The van der Waals surface area contributed by atoms with Crippen molar-refractivity contribution in [3.05, 3.63) is 35.4 Å². The van der Waals surface area contributed by atoms with Crippen molar-refractivity contribution < 1.29 is 4.79 Å². The number of carbonyl (C=O) groups excluding carboxylic acids is 1. The van der Waals surface area contributed by atoms with Gasteiger partial charge >= 0.3 is 0 Å². The monoisotopic (exact) mass is 342 g/mol. The Bertz CT molecular complexity index is 565. The smallest absolute Gasteiger partial charge is 0.233 e. The van der Waals surface area contributed by atoms with Crippen molar-refractivity contribution in [2.75, 3.05) is 5.75 Å². The quantitative estimate of drug-likeness (QED) is 0.764. The van der Waals surface area contributed by atoms with E-state index in [-0.39, 0.29) is 0 Å². The van der Waals surface area contributed by atoms with Crippen molar-refractivity contribution >= 4 is 17.7 Å². The van der Waals surface area contributed by atoms with Gasteiger partial charge < -0.3 is 4.90 Å². The van der Waals surface area contributed by atoms with Crippen molar-refractivity contribution in [3.8, 4) is 6.07 Å². The van der Waals surface area contributed by atoms with Gasteiger partial charge in [-0.05, 0) is 43.4 Å². The van der Waals surface area contributed by atoms with E-state index < -0.39 is 0 Å². The van der Waals surface area contributed by atoms with Crippen molar-refractivity contribution in [2.45, 2.75) is 69.2 Å². The SMILES string of the molecule is N#Cc1ccc(CSCC(=O)N(C2CCCC2)C2CCCC2)cc1. The summed E-state index contributed by atoms with van der Waals surface area (Å²) in [5.74, 6) is 1.75. The number of amides is 1. The molecule has 0 bridgehead atoms. The molecule has 0 spiro atoms. The number of carbonyl (C=O) groups is 1. The molecule has 0 atom stereocenters. The minimum absolute atomic E-state index is 0.340. The van der Waals surface area contributed by atoms with E-state index in [1.54, 1.807) is 11.8 Å². The molecule has 0 unspecified atom stereocenters. The predicted octanol–water partition coefficient (Wildman–Crippen LogP) is 4.51. The Balaban J connectivity index is 1.53. The molecule has 4 heteroatoms. The van der Waals surface area contributed by atoms with E-state index in [1.807, 2.05) is 24.3 Å². The van der Waals surface area contributed by atoms with Gasteiger partial charge in [-0.25, -0.2) is 0 Å². The van der Waals surface area contributed by atoms with Crippen LogP contribution in [0.4, 0.5) is 0 Å². The van der Waals surface area contributed by atoms with E-state index >= 15 is 0 Å². The lowest BCUT2D eigenvalue weighted by atomic mass is 10.1. The number of nitrogens with zero attached hydrogens (tertiary/aromatic N) is 2. The molecule has 24 heavy (non-hydrogen) atoms. The van der Waals surface area contributed by atoms with Gasteiger partial charge in [0.25, 0.3) is 0 Å². The highest BCUT2D eigenvalue weighted by molar-refractivity contribution is 7.99. The lowest BCUT2D eigenvalue weighted by Crippen LogP contribution is -2.46. The van der Waals surface area contributed by atoms with Gasteiger partial charge in [0.05, 0.1) is 17.4 Å². The minimum Gasteiger partial charge on any atom is -0.336 e. The molecule has 2 aliphatic carbocycles. The largest absolute Gasteiger partial charge is 0.336 e. The molecule has 2 aliphatic rings. The molecule has 1 aromatic carbocycles. The third kappa shape index (κ3) is 4.33. The fourth-order valence-electron chi connectivity index (χ4n) is 4.08. The molecule has 128 valence electrons. The fraction of sp³-hybridized carbons (Fsp3) is 0.600. The van der Waals surface area contributed by atoms with Crippen molar-refractivity contribution in [1.29, 1.82) is 5.26 Å². The van der Waals surface area contributed by atoms with Crippen LogP contribution in [0.25, 0.3) is 0 Å². The maximum atomic E-state index is 12.9. The third-order valence-corrected chi connectivity index (χ3v) is 6.29. The Morgan fingerprint density at radius 3 is 2.08 bits per heavy atom. The van der Waals surface area contributed by atoms with Crippen LogP contribution in [0.2, 0.25) is 0 Å². The Morgan fingerprint density at radius 1 is 1.04 bits per heavy atom. The Morgan fingerprint density at radius 2 is 1.58 bits per heavy atom. The van der Waals surface area contributed by atoms with E-state index in [1.165, 1.54) is 56.9 Å². The third-order valence-electron chi connectivity index (χ3n) is 5.30. The normalized spacial score (nSPS) is 18.6. The van der Waals surface area contributed by atoms with Crippen molar-refractivity contribution in [2.24, 2.45) is 0 Å². The van der Waals surface area contributed by atoms with Crippen molar-refractivity contribution in [3.63, 3.8) is 0 Å². The van der Waals surface area contributed by atoms with Crippen LogP contribution in [-0.4, -0.2) is 28.6 Å². The van der Waals surface area contributed by atoms with Crippen LogP contribution < -0.4 is 0 Å². The van der Waals surface area contributed by atoms with Crippen LogP contribution in [-0.2, 0) is 10.5 Å². The standard InChI is InChI=1S/C20H26N2OS/c21-13-16-9-11-17(12-10-16)14-24-15-20(23)22(18-5-1-2-6-18)19-7-3-4-8-19/h9-12,18-19H,1-8,14-15H2. The molecule has 3 nitrogen and oxygen atoms in total. The summed E-state index contributed by atoms with van der Waals surface area (Å²) in [7, 11) is 0. The van der Waals surface area contributed by atoms with Gasteiger partial charge in [-0.1, -0.05) is 37.8 Å². The highest BCUT2D eigenvalue weighted by Crippen LogP contribution is 2.32. The van der Waals surface area contributed by atoms with E-state index in [2.05, 4.69) is 11.0 Å². The maximum Gasteiger partial charge on any atom is 0.233 e. The molecule has 1 aromatic rings. The molecule has 0 radical (unpaired) electrons. The lowest BCUT2D eigenvalue weighted by molar-refractivity contribution is -0.133. The zero-order valence-corrected chi connectivity index (χ0v) is 15.1. The van der Waals surface area contributed by atoms with Crippen molar-refractivity contribution in [1.82, 2.24) is 4.90 Å². The van der Waals surface area contributed by atoms with Gasteiger partial charge in [0.15, 0.2) is 0 Å². The molecule has 1 amide bonds. The summed E-state index contributed by atoms with van der Waals surface area (Å²) in [6.45, 7) is 0. The van der Waals surface area contributed by atoms with Gasteiger partial charge in [0.2, 0.25) is 5.91 Å². The minimum atomic E-state index is 0.340. The summed E-state index contributed by atoms with van der Waals surface area (Å²) >= 11 is 1.70. The Kier molecular flexibility index (Phi) is 6.20. The molecular weight excluding hydrogens is 316 g/mol. The van der Waals surface area contributed by atoms with Gasteiger partial charge in [0, 0.05) is 17.8 Å².